The van der Waals surface area contributed by atoms with Gasteiger partial charge in [-0.15, -0.1) is 0 Å². The van der Waals surface area contributed by atoms with Crippen molar-refractivity contribution in [1.29, 1.82) is 5.26 Å². The lowest BCUT2D eigenvalue weighted by Crippen LogP contribution is -2.08. The Morgan fingerprint density at radius 3 is 2.56 bits per heavy atom. The van der Waals surface area contributed by atoms with Gasteiger partial charge >= 0.3 is 5.97 Å². The van der Waals surface area contributed by atoms with E-state index >= 15 is 0 Å². The zero-order valence-electron chi connectivity index (χ0n) is 8.64. The average Bonchev–Trinajstić information content (AvgIpc) is 2.28. The molecule has 0 saturated carbocycles. The van der Waals surface area contributed by atoms with E-state index in [1.54, 1.807) is 24.3 Å². The maximum Gasteiger partial charge on any atom is 0.334 e. The molecule has 82 valence electrons. The molecule has 0 fully saturated rings. The summed E-state index contributed by atoms with van der Waals surface area (Å²) in [5.74, 6) is -0.509. The van der Waals surface area contributed by atoms with Crippen molar-refractivity contribution in [2.75, 3.05) is 6.61 Å². The van der Waals surface area contributed by atoms with Gasteiger partial charge in [0.25, 0.3) is 0 Å². The highest BCUT2D eigenvalue weighted by Crippen LogP contribution is 2.13. The molecule has 0 unspecified atom stereocenters. The standard InChI is InChI=1S/C12H11NO3/c1-9(12(14)15)8-16-11-4-2-10(3-5-11)6-7-13/h2-5H,1,6,8H2,(H,14,15). The summed E-state index contributed by atoms with van der Waals surface area (Å²) in [6.45, 7) is 3.30. The van der Waals surface area contributed by atoms with E-state index in [1.807, 2.05) is 6.07 Å². The summed E-state index contributed by atoms with van der Waals surface area (Å²) in [4.78, 5) is 10.4. The number of hydrogen-bond donors (Lipinski definition) is 1. The fourth-order valence-corrected chi connectivity index (χ4v) is 1.03. The summed E-state index contributed by atoms with van der Waals surface area (Å²) >= 11 is 0. The largest absolute Gasteiger partial charge is 0.489 e. The van der Waals surface area contributed by atoms with Crippen molar-refractivity contribution in [3.8, 4) is 11.8 Å². The monoisotopic (exact) mass is 217 g/mol. The van der Waals surface area contributed by atoms with Crippen LogP contribution in [0.15, 0.2) is 36.4 Å². The van der Waals surface area contributed by atoms with Crippen LogP contribution >= 0.6 is 0 Å². The molecule has 0 saturated heterocycles. The lowest BCUT2D eigenvalue weighted by Gasteiger charge is -2.05. The predicted octanol–water partition coefficient (Wildman–Crippen LogP) is 1.77. The summed E-state index contributed by atoms with van der Waals surface area (Å²) in [6.07, 6.45) is 0.349. The number of hydrogen-bond acceptors (Lipinski definition) is 3. The summed E-state index contributed by atoms with van der Waals surface area (Å²) in [7, 11) is 0. The average molecular weight is 217 g/mol. The highest BCUT2D eigenvalue weighted by Gasteiger charge is 2.04. The number of aliphatic carboxylic acids is 1. The van der Waals surface area contributed by atoms with Gasteiger partial charge in [-0.05, 0) is 17.7 Å². The minimum absolute atomic E-state index is 0.00102. The molecule has 0 spiro atoms. The molecule has 16 heavy (non-hydrogen) atoms. The van der Waals surface area contributed by atoms with Gasteiger partial charge in [0.1, 0.15) is 12.4 Å². The van der Waals surface area contributed by atoms with Gasteiger partial charge in [0.15, 0.2) is 0 Å². The van der Waals surface area contributed by atoms with E-state index in [9.17, 15) is 4.79 Å². The van der Waals surface area contributed by atoms with E-state index in [0.717, 1.165) is 5.56 Å². The zero-order valence-corrected chi connectivity index (χ0v) is 8.64. The van der Waals surface area contributed by atoms with Gasteiger partial charge in [0, 0.05) is 0 Å². The minimum atomic E-state index is -1.07. The third kappa shape index (κ3) is 3.46. The molecular weight excluding hydrogens is 206 g/mol. The number of ether oxygens (including phenoxy) is 1. The quantitative estimate of drug-likeness (QED) is 0.763. The van der Waals surface area contributed by atoms with Crippen LogP contribution in [0.2, 0.25) is 0 Å². The Labute approximate surface area is 93.4 Å². The van der Waals surface area contributed by atoms with Gasteiger partial charge in [-0.1, -0.05) is 18.7 Å². The normalized spacial score (nSPS) is 9.19. The van der Waals surface area contributed by atoms with Gasteiger partial charge in [-0.2, -0.15) is 5.26 Å². The van der Waals surface area contributed by atoms with E-state index in [2.05, 4.69) is 6.58 Å². The Morgan fingerprint density at radius 1 is 1.44 bits per heavy atom. The highest BCUT2D eigenvalue weighted by molar-refractivity contribution is 5.86. The van der Waals surface area contributed by atoms with Crippen LogP contribution < -0.4 is 4.74 Å². The molecule has 0 amide bonds. The van der Waals surface area contributed by atoms with Gasteiger partial charge < -0.3 is 9.84 Å². The number of carboxylic acids is 1. The van der Waals surface area contributed by atoms with Crippen LogP contribution in [0.4, 0.5) is 0 Å². The summed E-state index contributed by atoms with van der Waals surface area (Å²) in [6, 6.07) is 8.96. The number of carbonyl (C=O) groups is 1. The van der Waals surface area contributed by atoms with E-state index in [0.29, 0.717) is 12.2 Å². The summed E-state index contributed by atoms with van der Waals surface area (Å²) in [5, 5.41) is 17.0. The number of carboxylic acid groups (broad SMARTS) is 1. The predicted molar refractivity (Wildman–Crippen MR) is 58.0 cm³/mol. The first-order valence-corrected chi connectivity index (χ1v) is 4.63. The molecule has 0 heterocycles. The van der Waals surface area contributed by atoms with Crippen LogP contribution in [-0.2, 0) is 11.2 Å². The molecule has 1 aromatic carbocycles. The van der Waals surface area contributed by atoms with Crippen molar-refractivity contribution < 1.29 is 14.6 Å². The Kier molecular flexibility index (Phi) is 4.10. The van der Waals surface area contributed by atoms with E-state index in [4.69, 9.17) is 15.1 Å². The third-order valence-electron chi connectivity index (χ3n) is 1.92. The first-order chi connectivity index (χ1) is 7.63. The molecule has 0 bridgehead atoms. The van der Waals surface area contributed by atoms with Crippen LogP contribution in [-0.4, -0.2) is 17.7 Å². The lowest BCUT2D eigenvalue weighted by atomic mass is 10.2. The SMILES string of the molecule is C=C(COc1ccc(CC#N)cc1)C(=O)O. The van der Waals surface area contributed by atoms with Crippen molar-refractivity contribution in [3.63, 3.8) is 0 Å². The van der Waals surface area contributed by atoms with E-state index in [-0.39, 0.29) is 12.2 Å². The second kappa shape index (κ2) is 5.56. The van der Waals surface area contributed by atoms with Crippen molar-refractivity contribution in [1.82, 2.24) is 0 Å². The van der Waals surface area contributed by atoms with Crippen LogP contribution in [0, 0.1) is 11.3 Å². The maximum atomic E-state index is 10.4. The Morgan fingerprint density at radius 2 is 2.06 bits per heavy atom. The van der Waals surface area contributed by atoms with Crippen molar-refractivity contribution in [3.05, 3.63) is 42.0 Å². The molecule has 0 aromatic heterocycles. The number of nitrogens with zero attached hydrogens (tertiary/aromatic N) is 1. The number of nitriles is 1. The lowest BCUT2D eigenvalue weighted by molar-refractivity contribution is -0.133. The Hall–Kier alpha value is -2.28. The van der Waals surface area contributed by atoms with Crippen LogP contribution in [0.1, 0.15) is 5.56 Å². The molecule has 0 atom stereocenters. The van der Waals surface area contributed by atoms with Gasteiger partial charge in [-0.25, -0.2) is 4.79 Å². The molecule has 0 aliphatic rings. The van der Waals surface area contributed by atoms with Gasteiger partial charge in [0.2, 0.25) is 0 Å². The van der Waals surface area contributed by atoms with Crippen LogP contribution in [0.3, 0.4) is 0 Å². The van der Waals surface area contributed by atoms with E-state index < -0.39 is 5.97 Å². The fourth-order valence-electron chi connectivity index (χ4n) is 1.03. The van der Waals surface area contributed by atoms with Gasteiger partial charge in [-0.3, -0.25) is 0 Å². The molecule has 1 N–H and O–H groups in total. The fraction of sp³-hybridized carbons (Fsp3) is 0.167. The number of rotatable bonds is 5. The maximum absolute atomic E-state index is 10.4. The third-order valence-corrected chi connectivity index (χ3v) is 1.92. The smallest absolute Gasteiger partial charge is 0.334 e. The minimum Gasteiger partial charge on any atom is -0.489 e. The topological polar surface area (TPSA) is 70.3 Å². The van der Waals surface area contributed by atoms with Crippen molar-refractivity contribution in [2.45, 2.75) is 6.42 Å². The first kappa shape index (κ1) is 11.8. The van der Waals surface area contributed by atoms with Crippen molar-refractivity contribution >= 4 is 5.97 Å². The summed E-state index contributed by atoms with van der Waals surface area (Å²) in [5.41, 5.74) is 0.896. The molecule has 1 rings (SSSR count). The Balaban J connectivity index is 2.53. The molecule has 1 aromatic rings. The van der Waals surface area contributed by atoms with Crippen LogP contribution in [0.5, 0.6) is 5.75 Å². The zero-order chi connectivity index (χ0) is 12.0. The van der Waals surface area contributed by atoms with Crippen molar-refractivity contribution in [2.24, 2.45) is 0 Å². The molecular formula is C12H11NO3. The molecule has 4 nitrogen and oxygen atoms in total. The molecule has 0 radical (unpaired) electrons. The van der Waals surface area contributed by atoms with Gasteiger partial charge in [0.05, 0.1) is 18.1 Å². The second-order valence-electron chi connectivity index (χ2n) is 3.18. The Bertz CT molecular complexity index is 429. The van der Waals surface area contributed by atoms with E-state index in [1.165, 1.54) is 0 Å². The first-order valence-electron chi connectivity index (χ1n) is 4.63. The van der Waals surface area contributed by atoms with Crippen LogP contribution in [0.25, 0.3) is 0 Å². The molecule has 4 heteroatoms. The molecule has 0 aliphatic carbocycles. The second-order valence-corrected chi connectivity index (χ2v) is 3.18. The highest BCUT2D eigenvalue weighted by atomic mass is 16.5. The number of benzene rings is 1. The summed E-state index contributed by atoms with van der Waals surface area (Å²) < 4.78 is 5.20. The molecule has 0 aliphatic heterocycles.